The number of carbonyl (C=O) groups is 1. The van der Waals surface area contributed by atoms with Crippen LogP contribution in [0.15, 0.2) is 18.2 Å². The average molecular weight is 329 g/mol. The molecule has 0 aromatic heterocycles. The highest BCUT2D eigenvalue weighted by Crippen LogP contribution is 2.16. The summed E-state index contributed by atoms with van der Waals surface area (Å²) < 4.78 is 38.1. The molecule has 1 unspecified atom stereocenters. The molecule has 2 N–H and O–H groups in total. The number of aryl methyl sites for hydroxylation is 1. The molecule has 1 saturated heterocycles. The zero-order valence-electron chi connectivity index (χ0n) is 12.6. The van der Waals surface area contributed by atoms with E-state index in [1.807, 2.05) is 0 Å². The number of urea groups is 1. The lowest BCUT2D eigenvalue weighted by atomic mass is 10.1. The summed E-state index contributed by atoms with van der Waals surface area (Å²) in [7, 11) is -3.26. The number of sulfonamides is 1. The number of carbonyl (C=O) groups excluding carboxylic acids is 1. The van der Waals surface area contributed by atoms with E-state index in [1.165, 1.54) is 16.4 Å². The van der Waals surface area contributed by atoms with Crippen molar-refractivity contribution < 1.29 is 17.6 Å². The number of hydrogen-bond donors (Lipinski definition) is 2. The van der Waals surface area contributed by atoms with E-state index in [0.717, 1.165) is 11.8 Å². The molecule has 0 saturated carbocycles. The molecule has 1 aromatic rings. The van der Waals surface area contributed by atoms with Gasteiger partial charge in [0.15, 0.2) is 0 Å². The Morgan fingerprint density at radius 1 is 1.41 bits per heavy atom. The Morgan fingerprint density at radius 3 is 2.77 bits per heavy atom. The molecule has 2 rings (SSSR count). The largest absolute Gasteiger partial charge is 0.334 e. The van der Waals surface area contributed by atoms with Crippen molar-refractivity contribution in [2.75, 3.05) is 24.7 Å². The van der Waals surface area contributed by atoms with E-state index in [0.29, 0.717) is 19.4 Å². The highest BCUT2D eigenvalue weighted by atomic mass is 32.2. The second-order valence-corrected chi connectivity index (χ2v) is 7.52. The Labute approximate surface area is 129 Å². The van der Waals surface area contributed by atoms with E-state index < -0.39 is 21.9 Å². The first-order valence-corrected chi connectivity index (χ1v) is 8.89. The van der Waals surface area contributed by atoms with Crippen molar-refractivity contribution >= 4 is 21.7 Å². The van der Waals surface area contributed by atoms with E-state index in [2.05, 4.69) is 10.6 Å². The molecule has 0 spiro atoms. The Morgan fingerprint density at radius 2 is 2.14 bits per heavy atom. The highest BCUT2D eigenvalue weighted by molar-refractivity contribution is 7.88. The van der Waals surface area contributed by atoms with Gasteiger partial charge >= 0.3 is 6.03 Å². The fourth-order valence-corrected chi connectivity index (χ4v) is 3.34. The second-order valence-electron chi connectivity index (χ2n) is 5.54. The van der Waals surface area contributed by atoms with E-state index in [1.54, 1.807) is 13.0 Å². The van der Waals surface area contributed by atoms with Crippen molar-refractivity contribution in [3.63, 3.8) is 0 Å². The van der Waals surface area contributed by atoms with E-state index in [9.17, 15) is 17.6 Å². The zero-order valence-corrected chi connectivity index (χ0v) is 13.4. The molecule has 0 bridgehead atoms. The first kappa shape index (κ1) is 16.7. The van der Waals surface area contributed by atoms with Crippen molar-refractivity contribution in [2.45, 2.75) is 25.8 Å². The molecule has 22 heavy (non-hydrogen) atoms. The number of anilines is 1. The molecule has 0 radical (unpaired) electrons. The third-order valence-electron chi connectivity index (χ3n) is 3.56. The monoisotopic (exact) mass is 329 g/mol. The van der Waals surface area contributed by atoms with Crippen LogP contribution in [0.5, 0.6) is 0 Å². The molecule has 1 aliphatic heterocycles. The minimum atomic E-state index is -3.26. The summed E-state index contributed by atoms with van der Waals surface area (Å²) in [5, 5.41) is 5.13. The topological polar surface area (TPSA) is 78.5 Å². The molecular weight excluding hydrogens is 309 g/mol. The highest BCUT2D eigenvalue weighted by Gasteiger charge is 2.26. The third-order valence-corrected chi connectivity index (χ3v) is 4.83. The quantitative estimate of drug-likeness (QED) is 0.885. The first-order valence-electron chi connectivity index (χ1n) is 7.04. The zero-order chi connectivity index (χ0) is 16.3. The number of halogens is 1. The number of piperidine rings is 1. The van der Waals surface area contributed by atoms with Crippen LogP contribution in [0.4, 0.5) is 14.9 Å². The van der Waals surface area contributed by atoms with E-state index in [-0.39, 0.29) is 18.3 Å². The lowest BCUT2D eigenvalue weighted by Crippen LogP contribution is -2.50. The van der Waals surface area contributed by atoms with Gasteiger partial charge in [0.1, 0.15) is 5.82 Å². The normalized spacial score (nSPS) is 19.7. The molecule has 8 heteroatoms. The summed E-state index contributed by atoms with van der Waals surface area (Å²) in [4.78, 5) is 11.9. The van der Waals surface area contributed by atoms with Gasteiger partial charge in [-0.05, 0) is 37.5 Å². The fraction of sp³-hybridized carbons (Fsp3) is 0.500. The maximum atomic E-state index is 13.7. The van der Waals surface area contributed by atoms with Gasteiger partial charge in [-0.1, -0.05) is 6.07 Å². The molecular formula is C14H20FN3O3S. The summed E-state index contributed by atoms with van der Waals surface area (Å²) in [5.41, 5.74) is 0.860. The van der Waals surface area contributed by atoms with Crippen LogP contribution in [0.25, 0.3) is 0 Å². The Hall–Kier alpha value is -1.67. The lowest BCUT2D eigenvalue weighted by Gasteiger charge is -2.31. The van der Waals surface area contributed by atoms with Crippen LogP contribution < -0.4 is 10.6 Å². The van der Waals surface area contributed by atoms with Gasteiger partial charge in [-0.3, -0.25) is 0 Å². The summed E-state index contributed by atoms with van der Waals surface area (Å²) >= 11 is 0. The van der Waals surface area contributed by atoms with Crippen molar-refractivity contribution in [3.8, 4) is 0 Å². The molecule has 0 aliphatic carbocycles. The SMILES string of the molecule is Cc1ccc(NC(=O)NC2CCCN(S(C)(=O)=O)C2)c(F)c1. The molecule has 6 nitrogen and oxygen atoms in total. The van der Waals surface area contributed by atoms with Gasteiger partial charge in [0, 0.05) is 19.1 Å². The van der Waals surface area contributed by atoms with Gasteiger partial charge in [0.2, 0.25) is 10.0 Å². The number of hydrogen-bond acceptors (Lipinski definition) is 3. The summed E-state index contributed by atoms with van der Waals surface area (Å²) in [6, 6.07) is 3.71. The molecule has 1 aromatic carbocycles. The van der Waals surface area contributed by atoms with Crippen molar-refractivity contribution in [1.29, 1.82) is 0 Å². The molecule has 2 amide bonds. The van der Waals surface area contributed by atoms with Crippen LogP contribution >= 0.6 is 0 Å². The minimum absolute atomic E-state index is 0.0962. The van der Waals surface area contributed by atoms with Crippen LogP contribution in [-0.4, -0.2) is 44.1 Å². The molecule has 1 aliphatic rings. The second kappa shape index (κ2) is 6.62. The number of amides is 2. The third kappa shape index (κ3) is 4.41. The van der Waals surface area contributed by atoms with Gasteiger partial charge in [-0.25, -0.2) is 21.9 Å². The number of nitrogens with one attached hydrogen (secondary N) is 2. The predicted octanol–water partition coefficient (Wildman–Crippen LogP) is 1.68. The summed E-state index contributed by atoms with van der Waals surface area (Å²) in [6.45, 7) is 2.46. The molecule has 1 fully saturated rings. The Kier molecular flexibility index (Phi) is 5.02. The smallest absolute Gasteiger partial charge is 0.319 e. The maximum absolute atomic E-state index is 13.7. The maximum Gasteiger partial charge on any atom is 0.319 e. The van der Waals surface area contributed by atoms with Crippen LogP contribution in [0.1, 0.15) is 18.4 Å². The number of benzene rings is 1. The number of rotatable bonds is 3. The van der Waals surface area contributed by atoms with Gasteiger partial charge in [-0.2, -0.15) is 0 Å². The molecule has 1 atom stereocenters. The van der Waals surface area contributed by atoms with Crippen LogP contribution in [0, 0.1) is 12.7 Å². The molecule has 122 valence electrons. The summed E-state index contributed by atoms with van der Waals surface area (Å²) in [6.07, 6.45) is 2.52. The van der Waals surface area contributed by atoms with E-state index in [4.69, 9.17) is 0 Å². The molecule has 1 heterocycles. The van der Waals surface area contributed by atoms with Crippen LogP contribution in [0.3, 0.4) is 0 Å². The van der Waals surface area contributed by atoms with E-state index >= 15 is 0 Å². The van der Waals surface area contributed by atoms with Gasteiger partial charge in [0.25, 0.3) is 0 Å². The van der Waals surface area contributed by atoms with Crippen molar-refractivity contribution in [3.05, 3.63) is 29.6 Å². The van der Waals surface area contributed by atoms with Gasteiger partial charge in [-0.15, -0.1) is 0 Å². The summed E-state index contributed by atoms with van der Waals surface area (Å²) in [5.74, 6) is -0.503. The Bertz CT molecular complexity index is 663. The standard InChI is InChI=1S/C14H20FN3O3S/c1-10-5-6-13(12(15)8-10)17-14(19)16-11-4-3-7-18(9-11)22(2,20)21/h5-6,8,11H,3-4,7,9H2,1-2H3,(H2,16,17,19). The minimum Gasteiger partial charge on any atom is -0.334 e. The predicted molar refractivity (Wildman–Crippen MR) is 82.7 cm³/mol. The van der Waals surface area contributed by atoms with Gasteiger partial charge in [0.05, 0.1) is 11.9 Å². The van der Waals surface area contributed by atoms with Crippen molar-refractivity contribution in [1.82, 2.24) is 9.62 Å². The number of nitrogens with zero attached hydrogens (tertiary/aromatic N) is 1. The lowest BCUT2D eigenvalue weighted by molar-refractivity contribution is 0.236. The van der Waals surface area contributed by atoms with Gasteiger partial charge < -0.3 is 10.6 Å². The first-order chi connectivity index (χ1) is 10.3. The fourth-order valence-electron chi connectivity index (χ4n) is 2.43. The van der Waals surface area contributed by atoms with Crippen LogP contribution in [0.2, 0.25) is 0 Å². The van der Waals surface area contributed by atoms with Crippen LogP contribution in [-0.2, 0) is 10.0 Å². The average Bonchev–Trinajstić information content (AvgIpc) is 2.41. The Balaban J connectivity index is 1.94. The van der Waals surface area contributed by atoms with Crippen molar-refractivity contribution in [2.24, 2.45) is 0 Å².